The van der Waals surface area contributed by atoms with Gasteiger partial charge in [-0.25, -0.2) is 4.79 Å². The Morgan fingerprint density at radius 3 is 2.82 bits per heavy atom. The molecule has 1 saturated heterocycles. The van der Waals surface area contributed by atoms with Crippen molar-refractivity contribution in [3.8, 4) is 0 Å². The van der Waals surface area contributed by atoms with Gasteiger partial charge in [0.1, 0.15) is 0 Å². The van der Waals surface area contributed by atoms with E-state index in [0.29, 0.717) is 6.61 Å². The number of carbonyl (C=O) groups is 1. The van der Waals surface area contributed by atoms with Crippen LogP contribution in [0, 0.1) is 0 Å². The first-order chi connectivity index (χ1) is 10.7. The largest absolute Gasteiger partial charge is 0.383 e. The highest BCUT2D eigenvalue weighted by molar-refractivity contribution is 7.99. The lowest BCUT2D eigenvalue weighted by Gasteiger charge is -2.27. The van der Waals surface area contributed by atoms with Gasteiger partial charge >= 0.3 is 6.03 Å². The minimum Gasteiger partial charge on any atom is -0.383 e. The number of anilines is 1. The number of nitrogens with zero attached hydrogens (tertiary/aromatic N) is 1. The van der Waals surface area contributed by atoms with Crippen LogP contribution in [0.15, 0.2) is 24.3 Å². The van der Waals surface area contributed by atoms with Crippen molar-refractivity contribution in [3.63, 3.8) is 0 Å². The predicted octanol–water partition coefficient (Wildman–Crippen LogP) is 2.39. The van der Waals surface area contributed by atoms with Crippen molar-refractivity contribution >= 4 is 23.5 Å². The molecule has 0 spiro atoms. The maximum atomic E-state index is 12.0. The van der Waals surface area contributed by atoms with Crippen LogP contribution < -0.4 is 10.6 Å². The molecule has 0 saturated carbocycles. The van der Waals surface area contributed by atoms with Crippen molar-refractivity contribution in [1.82, 2.24) is 10.2 Å². The Hall–Kier alpha value is -1.24. The van der Waals surface area contributed by atoms with Gasteiger partial charge in [-0.15, -0.1) is 0 Å². The van der Waals surface area contributed by atoms with Gasteiger partial charge in [0.05, 0.1) is 12.6 Å². The van der Waals surface area contributed by atoms with Gasteiger partial charge in [-0.1, -0.05) is 18.2 Å². The average molecular weight is 323 g/mol. The summed E-state index contributed by atoms with van der Waals surface area (Å²) in [6.45, 7) is 5.51. The smallest absolute Gasteiger partial charge is 0.319 e. The van der Waals surface area contributed by atoms with Crippen molar-refractivity contribution in [1.29, 1.82) is 0 Å². The molecule has 122 valence electrons. The van der Waals surface area contributed by atoms with Crippen molar-refractivity contribution in [3.05, 3.63) is 29.8 Å². The molecule has 1 aromatic rings. The highest BCUT2D eigenvalue weighted by atomic mass is 32.2. The molecule has 1 heterocycles. The molecule has 1 fully saturated rings. The maximum Gasteiger partial charge on any atom is 0.319 e. The van der Waals surface area contributed by atoms with E-state index >= 15 is 0 Å². The van der Waals surface area contributed by atoms with Gasteiger partial charge in [0.2, 0.25) is 0 Å². The van der Waals surface area contributed by atoms with Crippen LogP contribution in [0.4, 0.5) is 10.5 Å². The number of amides is 2. The van der Waals surface area contributed by atoms with Crippen LogP contribution in [-0.4, -0.2) is 55.3 Å². The van der Waals surface area contributed by atoms with Gasteiger partial charge in [-0.2, -0.15) is 11.8 Å². The lowest BCUT2D eigenvalue weighted by Crippen LogP contribution is -2.39. The molecule has 6 heteroatoms. The minimum atomic E-state index is -0.189. The van der Waals surface area contributed by atoms with E-state index in [1.807, 2.05) is 36.9 Å². The highest BCUT2D eigenvalue weighted by Crippen LogP contribution is 2.19. The Morgan fingerprint density at radius 1 is 1.36 bits per heavy atom. The SMILES string of the molecule is COC[C@H](C)NC(=O)Nc1ccccc1CN1CCSCC1. The first kappa shape index (κ1) is 17.1. The molecule has 0 bridgehead atoms. The van der Waals surface area contributed by atoms with Crippen molar-refractivity contribution in [2.45, 2.75) is 19.5 Å². The fourth-order valence-corrected chi connectivity index (χ4v) is 3.43. The number of nitrogens with one attached hydrogen (secondary N) is 2. The van der Waals surface area contributed by atoms with Crippen LogP contribution in [0.1, 0.15) is 12.5 Å². The molecule has 5 nitrogen and oxygen atoms in total. The fraction of sp³-hybridized carbons (Fsp3) is 0.562. The second-order valence-electron chi connectivity index (χ2n) is 5.50. The monoisotopic (exact) mass is 323 g/mol. The van der Waals surface area contributed by atoms with Crippen LogP contribution in [0.25, 0.3) is 0 Å². The number of urea groups is 1. The topological polar surface area (TPSA) is 53.6 Å². The Kier molecular flexibility index (Phi) is 7.02. The van der Waals surface area contributed by atoms with Crippen molar-refractivity contribution in [2.24, 2.45) is 0 Å². The van der Waals surface area contributed by atoms with Crippen LogP contribution in [0.3, 0.4) is 0 Å². The van der Waals surface area contributed by atoms with Gasteiger partial charge in [0.15, 0.2) is 0 Å². The van der Waals surface area contributed by atoms with Crippen LogP contribution in [-0.2, 0) is 11.3 Å². The summed E-state index contributed by atoms with van der Waals surface area (Å²) in [5.74, 6) is 2.37. The molecule has 0 unspecified atom stereocenters. The molecule has 1 aromatic carbocycles. The van der Waals surface area contributed by atoms with E-state index in [1.54, 1.807) is 7.11 Å². The standard InChI is InChI=1S/C16H25N3O2S/c1-13(12-21-2)17-16(20)18-15-6-4-3-5-14(15)11-19-7-9-22-10-8-19/h3-6,13H,7-12H2,1-2H3,(H2,17,18,20)/t13-/m0/s1. The zero-order valence-electron chi connectivity index (χ0n) is 13.3. The number of hydrogen-bond acceptors (Lipinski definition) is 4. The summed E-state index contributed by atoms with van der Waals surface area (Å²) in [7, 11) is 1.63. The van der Waals surface area contributed by atoms with Crippen molar-refractivity contribution < 1.29 is 9.53 Å². The first-order valence-electron chi connectivity index (χ1n) is 7.63. The number of rotatable bonds is 6. The van der Waals surface area contributed by atoms with E-state index in [0.717, 1.165) is 30.9 Å². The molecule has 0 aromatic heterocycles. The summed E-state index contributed by atoms with van der Waals surface area (Å²) in [6, 6.07) is 7.79. The summed E-state index contributed by atoms with van der Waals surface area (Å²) in [5.41, 5.74) is 2.03. The van der Waals surface area contributed by atoms with E-state index in [1.165, 1.54) is 11.5 Å². The summed E-state index contributed by atoms with van der Waals surface area (Å²) in [6.07, 6.45) is 0. The van der Waals surface area contributed by atoms with E-state index in [2.05, 4.69) is 21.6 Å². The Balaban J connectivity index is 1.94. The molecular weight excluding hydrogens is 298 g/mol. The quantitative estimate of drug-likeness (QED) is 0.844. The number of carbonyl (C=O) groups excluding carboxylic acids is 1. The number of ether oxygens (including phenoxy) is 1. The van der Waals surface area contributed by atoms with Crippen LogP contribution in [0.2, 0.25) is 0 Å². The van der Waals surface area contributed by atoms with Crippen LogP contribution in [0.5, 0.6) is 0 Å². The summed E-state index contributed by atoms with van der Waals surface area (Å²) in [4.78, 5) is 14.5. The fourth-order valence-electron chi connectivity index (χ4n) is 2.45. The molecule has 1 aliphatic heterocycles. The number of hydrogen-bond donors (Lipinski definition) is 2. The van der Waals surface area contributed by atoms with E-state index in [4.69, 9.17) is 4.74 Å². The lowest BCUT2D eigenvalue weighted by molar-refractivity contribution is 0.173. The highest BCUT2D eigenvalue weighted by Gasteiger charge is 2.14. The molecule has 1 atom stereocenters. The van der Waals surface area contributed by atoms with E-state index in [-0.39, 0.29) is 12.1 Å². The second-order valence-corrected chi connectivity index (χ2v) is 6.73. The number of methoxy groups -OCH3 is 1. The zero-order chi connectivity index (χ0) is 15.8. The maximum absolute atomic E-state index is 12.0. The van der Waals surface area contributed by atoms with Gasteiger partial charge < -0.3 is 15.4 Å². The Morgan fingerprint density at radius 2 is 2.09 bits per heavy atom. The zero-order valence-corrected chi connectivity index (χ0v) is 14.1. The Bertz CT molecular complexity index is 478. The summed E-state index contributed by atoms with van der Waals surface area (Å²) in [5, 5.41) is 5.82. The van der Waals surface area contributed by atoms with E-state index in [9.17, 15) is 4.79 Å². The summed E-state index contributed by atoms with van der Waals surface area (Å²) >= 11 is 2.00. The lowest BCUT2D eigenvalue weighted by atomic mass is 10.1. The molecule has 1 aliphatic rings. The van der Waals surface area contributed by atoms with Gasteiger partial charge in [-0.05, 0) is 18.6 Å². The van der Waals surface area contributed by atoms with E-state index < -0.39 is 0 Å². The summed E-state index contributed by atoms with van der Waals surface area (Å²) < 4.78 is 5.03. The van der Waals surface area contributed by atoms with Gasteiger partial charge in [0.25, 0.3) is 0 Å². The molecule has 2 rings (SSSR count). The predicted molar refractivity (Wildman–Crippen MR) is 92.5 cm³/mol. The van der Waals surface area contributed by atoms with Gasteiger partial charge in [-0.3, -0.25) is 4.90 Å². The first-order valence-corrected chi connectivity index (χ1v) is 8.79. The third-order valence-electron chi connectivity index (χ3n) is 3.56. The number of para-hydroxylation sites is 1. The molecular formula is C16H25N3O2S. The third kappa shape index (κ3) is 5.51. The number of benzene rings is 1. The minimum absolute atomic E-state index is 0.0173. The van der Waals surface area contributed by atoms with Crippen LogP contribution >= 0.6 is 11.8 Å². The molecule has 2 amide bonds. The molecule has 22 heavy (non-hydrogen) atoms. The molecule has 2 N–H and O–H groups in total. The molecule has 0 aliphatic carbocycles. The number of thioether (sulfide) groups is 1. The Labute approximate surface area is 136 Å². The molecule has 0 radical (unpaired) electrons. The second kappa shape index (κ2) is 9.02. The van der Waals surface area contributed by atoms with Gasteiger partial charge in [0, 0.05) is 43.9 Å². The van der Waals surface area contributed by atoms with Crippen molar-refractivity contribution in [2.75, 3.05) is 43.6 Å². The third-order valence-corrected chi connectivity index (χ3v) is 4.50. The normalized spacial score (nSPS) is 17.0. The average Bonchev–Trinajstić information content (AvgIpc) is 2.50.